The minimum Gasteiger partial charge on any atom is -0.422 e. The standard InChI is InChI=1S/C20H17N3O3S/c24-11-15-17(14-10-13-8-4-5-9-16(13)26-19(14)25)21-20-23(15)22-18(27-20)12-6-2-1-3-7-12/h4-5,8-12H,1-3,6-7H2. The Morgan fingerprint density at radius 2 is 2.00 bits per heavy atom. The van der Waals surface area contributed by atoms with Crippen molar-refractivity contribution >= 4 is 33.6 Å². The normalized spacial score (nSPS) is 15.6. The summed E-state index contributed by atoms with van der Waals surface area (Å²) in [6.07, 6.45) is 6.70. The van der Waals surface area contributed by atoms with Gasteiger partial charge >= 0.3 is 5.63 Å². The van der Waals surface area contributed by atoms with E-state index in [-0.39, 0.29) is 5.56 Å². The fraction of sp³-hybridized carbons (Fsp3) is 0.300. The molecule has 6 nitrogen and oxygen atoms in total. The summed E-state index contributed by atoms with van der Waals surface area (Å²) in [7, 11) is 0. The van der Waals surface area contributed by atoms with E-state index in [0.29, 0.717) is 34.1 Å². The second kappa shape index (κ2) is 6.42. The molecule has 0 unspecified atom stereocenters. The molecule has 0 spiro atoms. The van der Waals surface area contributed by atoms with Crippen molar-refractivity contribution in [3.05, 3.63) is 51.5 Å². The maximum Gasteiger partial charge on any atom is 0.345 e. The Hall–Kier alpha value is -2.80. The number of para-hydroxylation sites is 1. The van der Waals surface area contributed by atoms with Crippen LogP contribution in [0, 0.1) is 0 Å². The maximum absolute atomic E-state index is 12.5. The first-order valence-electron chi connectivity index (χ1n) is 9.12. The van der Waals surface area contributed by atoms with E-state index in [1.807, 2.05) is 18.2 Å². The third kappa shape index (κ3) is 2.70. The molecule has 4 aromatic rings. The van der Waals surface area contributed by atoms with Crippen molar-refractivity contribution in [3.63, 3.8) is 0 Å². The summed E-state index contributed by atoms with van der Waals surface area (Å²) in [4.78, 5) is 29.5. The molecule has 1 aliphatic carbocycles. The number of hydrogen-bond acceptors (Lipinski definition) is 6. The molecule has 1 aromatic carbocycles. The fourth-order valence-electron chi connectivity index (χ4n) is 3.82. The van der Waals surface area contributed by atoms with Crippen LogP contribution in [0.1, 0.15) is 53.5 Å². The Bertz CT molecular complexity index is 1210. The Morgan fingerprint density at radius 1 is 1.19 bits per heavy atom. The van der Waals surface area contributed by atoms with Gasteiger partial charge in [0.15, 0.2) is 6.29 Å². The molecule has 0 N–H and O–H groups in total. The molecule has 27 heavy (non-hydrogen) atoms. The van der Waals surface area contributed by atoms with Crippen molar-refractivity contribution in [1.82, 2.24) is 14.6 Å². The number of carbonyl (C=O) groups excluding carboxylic acids is 1. The monoisotopic (exact) mass is 379 g/mol. The number of carbonyl (C=O) groups is 1. The van der Waals surface area contributed by atoms with Gasteiger partial charge in [-0.1, -0.05) is 48.8 Å². The molecule has 1 aliphatic rings. The fourth-order valence-corrected chi connectivity index (χ4v) is 4.90. The smallest absolute Gasteiger partial charge is 0.345 e. The van der Waals surface area contributed by atoms with Crippen LogP contribution in [0.15, 0.2) is 39.5 Å². The predicted octanol–water partition coefficient (Wildman–Crippen LogP) is 4.42. The van der Waals surface area contributed by atoms with Gasteiger partial charge in [-0.05, 0) is 25.0 Å². The van der Waals surface area contributed by atoms with Gasteiger partial charge in [0, 0.05) is 11.3 Å². The molecular formula is C20H17N3O3S. The van der Waals surface area contributed by atoms with Crippen molar-refractivity contribution in [2.24, 2.45) is 0 Å². The molecule has 0 atom stereocenters. The van der Waals surface area contributed by atoms with E-state index >= 15 is 0 Å². The summed E-state index contributed by atoms with van der Waals surface area (Å²) in [6, 6.07) is 9.01. The van der Waals surface area contributed by atoms with Crippen molar-refractivity contribution in [1.29, 1.82) is 0 Å². The second-order valence-electron chi connectivity index (χ2n) is 6.92. The van der Waals surface area contributed by atoms with Crippen LogP contribution in [0.2, 0.25) is 0 Å². The number of aromatic nitrogens is 3. The van der Waals surface area contributed by atoms with Crippen LogP contribution in [-0.4, -0.2) is 20.9 Å². The molecule has 5 rings (SSSR count). The van der Waals surface area contributed by atoms with Gasteiger partial charge in [-0.2, -0.15) is 9.61 Å². The van der Waals surface area contributed by atoms with E-state index in [9.17, 15) is 9.59 Å². The highest BCUT2D eigenvalue weighted by atomic mass is 32.1. The minimum absolute atomic E-state index is 0.285. The Morgan fingerprint density at radius 3 is 2.81 bits per heavy atom. The zero-order valence-electron chi connectivity index (χ0n) is 14.6. The van der Waals surface area contributed by atoms with Gasteiger partial charge in [-0.15, -0.1) is 0 Å². The lowest BCUT2D eigenvalue weighted by Gasteiger charge is -2.18. The van der Waals surface area contributed by atoms with Gasteiger partial charge in [0.1, 0.15) is 22.0 Å². The van der Waals surface area contributed by atoms with E-state index in [1.54, 1.807) is 16.6 Å². The molecule has 7 heteroatoms. The van der Waals surface area contributed by atoms with Crippen LogP contribution in [0.5, 0.6) is 0 Å². The Labute approximate surface area is 158 Å². The average molecular weight is 379 g/mol. The van der Waals surface area contributed by atoms with Gasteiger partial charge in [0.05, 0.1) is 5.56 Å². The van der Waals surface area contributed by atoms with E-state index in [4.69, 9.17) is 4.42 Å². The van der Waals surface area contributed by atoms with Crippen LogP contribution >= 0.6 is 11.3 Å². The summed E-state index contributed by atoms with van der Waals surface area (Å²) >= 11 is 1.51. The Balaban J connectivity index is 1.65. The second-order valence-corrected chi connectivity index (χ2v) is 7.91. The number of hydrogen-bond donors (Lipinski definition) is 0. The number of nitrogens with zero attached hydrogens (tertiary/aromatic N) is 3. The summed E-state index contributed by atoms with van der Waals surface area (Å²) in [6.45, 7) is 0. The van der Waals surface area contributed by atoms with Crippen LogP contribution in [-0.2, 0) is 0 Å². The van der Waals surface area contributed by atoms with E-state index in [1.165, 1.54) is 30.6 Å². The summed E-state index contributed by atoms with van der Waals surface area (Å²) in [5.41, 5.74) is 0.921. The molecule has 1 saturated carbocycles. The van der Waals surface area contributed by atoms with Crippen LogP contribution < -0.4 is 5.63 Å². The molecule has 0 radical (unpaired) electrons. The van der Waals surface area contributed by atoms with Crippen LogP contribution in [0.3, 0.4) is 0 Å². The zero-order valence-corrected chi connectivity index (χ0v) is 15.4. The highest BCUT2D eigenvalue weighted by Crippen LogP contribution is 2.36. The molecule has 136 valence electrons. The molecule has 0 saturated heterocycles. The predicted molar refractivity (Wildman–Crippen MR) is 104 cm³/mol. The number of imidazole rings is 1. The van der Waals surface area contributed by atoms with E-state index in [2.05, 4.69) is 10.1 Å². The minimum atomic E-state index is -0.505. The average Bonchev–Trinajstić information content (AvgIpc) is 3.26. The first-order chi connectivity index (χ1) is 13.2. The summed E-state index contributed by atoms with van der Waals surface area (Å²) < 4.78 is 6.98. The van der Waals surface area contributed by atoms with Gasteiger partial charge in [-0.25, -0.2) is 9.78 Å². The van der Waals surface area contributed by atoms with E-state index < -0.39 is 5.63 Å². The zero-order chi connectivity index (χ0) is 18.4. The van der Waals surface area contributed by atoms with Crippen LogP contribution in [0.25, 0.3) is 27.2 Å². The first kappa shape index (κ1) is 16.4. The lowest BCUT2D eigenvalue weighted by atomic mass is 9.90. The molecule has 3 aromatic heterocycles. The van der Waals surface area contributed by atoms with Crippen LogP contribution in [0.4, 0.5) is 0 Å². The van der Waals surface area contributed by atoms with Crippen molar-refractivity contribution in [3.8, 4) is 11.3 Å². The molecule has 3 heterocycles. The van der Waals surface area contributed by atoms with Gasteiger partial charge < -0.3 is 4.42 Å². The lowest BCUT2D eigenvalue weighted by Crippen LogP contribution is -2.07. The largest absolute Gasteiger partial charge is 0.422 e. The Kier molecular flexibility index (Phi) is 3.89. The highest BCUT2D eigenvalue weighted by Gasteiger charge is 2.24. The van der Waals surface area contributed by atoms with E-state index in [0.717, 1.165) is 23.2 Å². The van der Waals surface area contributed by atoms with Crippen molar-refractivity contribution < 1.29 is 9.21 Å². The highest BCUT2D eigenvalue weighted by molar-refractivity contribution is 7.16. The topological polar surface area (TPSA) is 77.5 Å². The molecule has 0 aliphatic heterocycles. The van der Waals surface area contributed by atoms with Gasteiger partial charge in [-0.3, -0.25) is 4.79 Å². The third-order valence-electron chi connectivity index (χ3n) is 5.22. The third-order valence-corrected chi connectivity index (χ3v) is 6.29. The van der Waals surface area contributed by atoms with Crippen molar-refractivity contribution in [2.45, 2.75) is 38.0 Å². The quantitative estimate of drug-likeness (QED) is 0.389. The molecule has 1 fully saturated rings. The molecule has 0 bridgehead atoms. The molecule has 0 amide bonds. The number of aldehydes is 1. The van der Waals surface area contributed by atoms with Gasteiger partial charge in [0.25, 0.3) is 0 Å². The molecular weight excluding hydrogens is 362 g/mol. The summed E-state index contributed by atoms with van der Waals surface area (Å²) in [5, 5.41) is 6.47. The summed E-state index contributed by atoms with van der Waals surface area (Å²) in [5.74, 6) is 0.444. The number of benzene rings is 1. The lowest BCUT2D eigenvalue weighted by molar-refractivity contribution is 0.111. The first-order valence-corrected chi connectivity index (χ1v) is 9.94. The number of rotatable bonds is 3. The van der Waals surface area contributed by atoms with Gasteiger partial charge in [0.2, 0.25) is 4.96 Å². The van der Waals surface area contributed by atoms with Crippen molar-refractivity contribution in [2.75, 3.05) is 0 Å². The maximum atomic E-state index is 12.5. The SMILES string of the molecule is O=Cc1c(-c2cc3ccccc3oc2=O)nc2sc(C3CCCCC3)nn12. The number of fused-ring (bicyclic) bond motifs is 2.